The summed E-state index contributed by atoms with van der Waals surface area (Å²) in [5, 5.41) is 7.67. The van der Waals surface area contributed by atoms with Gasteiger partial charge in [-0.2, -0.15) is 5.10 Å². The highest BCUT2D eigenvalue weighted by Gasteiger charge is 2.20. The summed E-state index contributed by atoms with van der Waals surface area (Å²) in [6.07, 6.45) is 3.64. The van der Waals surface area contributed by atoms with Gasteiger partial charge in [0.15, 0.2) is 0 Å². The van der Waals surface area contributed by atoms with E-state index in [4.69, 9.17) is 22.7 Å². The summed E-state index contributed by atoms with van der Waals surface area (Å²) in [6, 6.07) is 0. The van der Waals surface area contributed by atoms with E-state index in [0.717, 1.165) is 49.2 Å². The SMILES string of the molecule is Cc1nn(C)c(NCCCOCC2CC2)c1C(N)=S. The molecular weight excluding hydrogens is 260 g/mol. The van der Waals surface area contributed by atoms with E-state index >= 15 is 0 Å². The van der Waals surface area contributed by atoms with Crippen LogP contribution in [0.25, 0.3) is 0 Å². The highest BCUT2D eigenvalue weighted by Crippen LogP contribution is 2.28. The zero-order valence-corrected chi connectivity index (χ0v) is 12.4. The minimum absolute atomic E-state index is 0.387. The molecule has 0 radical (unpaired) electrons. The Bertz CT molecular complexity index is 454. The standard InChI is InChI=1S/C13H22N4OS/c1-9-11(12(14)19)13(17(2)16-9)15-6-3-7-18-8-10-4-5-10/h10,15H,3-8H2,1-2H3,(H2,14,19). The zero-order chi connectivity index (χ0) is 13.8. The molecule has 0 spiro atoms. The largest absolute Gasteiger partial charge is 0.389 e. The molecule has 0 saturated heterocycles. The number of aromatic nitrogens is 2. The fourth-order valence-electron chi connectivity index (χ4n) is 2.07. The Kier molecular flexibility index (Phi) is 4.76. The van der Waals surface area contributed by atoms with Gasteiger partial charge in [0.25, 0.3) is 0 Å². The number of nitrogens with zero attached hydrogens (tertiary/aromatic N) is 2. The van der Waals surface area contributed by atoms with Gasteiger partial charge in [-0.05, 0) is 32.1 Å². The molecule has 0 unspecified atom stereocenters. The Labute approximate surface area is 119 Å². The van der Waals surface area contributed by atoms with Crippen molar-refractivity contribution in [3.8, 4) is 0 Å². The molecule has 19 heavy (non-hydrogen) atoms. The second-order valence-electron chi connectivity index (χ2n) is 5.10. The zero-order valence-electron chi connectivity index (χ0n) is 11.6. The summed E-state index contributed by atoms with van der Waals surface area (Å²) in [4.78, 5) is 0.387. The minimum Gasteiger partial charge on any atom is -0.389 e. The van der Waals surface area contributed by atoms with Crippen molar-refractivity contribution in [3.63, 3.8) is 0 Å². The number of hydrogen-bond donors (Lipinski definition) is 2. The lowest BCUT2D eigenvalue weighted by Gasteiger charge is -2.09. The maximum Gasteiger partial charge on any atom is 0.134 e. The molecule has 1 aliphatic carbocycles. The Hall–Kier alpha value is -1.14. The van der Waals surface area contributed by atoms with Gasteiger partial charge in [0.05, 0.1) is 11.3 Å². The molecule has 0 aliphatic heterocycles. The number of thiocarbonyl (C=S) groups is 1. The van der Waals surface area contributed by atoms with Crippen molar-refractivity contribution in [2.45, 2.75) is 26.2 Å². The van der Waals surface area contributed by atoms with Crippen molar-refractivity contribution in [1.82, 2.24) is 9.78 Å². The summed E-state index contributed by atoms with van der Waals surface area (Å²) in [5.74, 6) is 1.72. The lowest BCUT2D eigenvalue weighted by Crippen LogP contribution is -2.16. The van der Waals surface area contributed by atoms with Gasteiger partial charge in [-0.3, -0.25) is 4.68 Å². The van der Waals surface area contributed by atoms with E-state index in [9.17, 15) is 0 Å². The summed E-state index contributed by atoms with van der Waals surface area (Å²) in [5.41, 5.74) is 7.44. The molecule has 1 aromatic rings. The number of anilines is 1. The van der Waals surface area contributed by atoms with E-state index in [0.29, 0.717) is 4.99 Å². The van der Waals surface area contributed by atoms with E-state index in [-0.39, 0.29) is 0 Å². The number of nitrogens with two attached hydrogens (primary N) is 1. The van der Waals surface area contributed by atoms with Gasteiger partial charge in [-0.25, -0.2) is 0 Å². The van der Waals surface area contributed by atoms with Crippen LogP contribution in [-0.2, 0) is 11.8 Å². The fourth-order valence-corrected chi connectivity index (χ4v) is 2.32. The van der Waals surface area contributed by atoms with Gasteiger partial charge in [0, 0.05) is 26.8 Å². The Morgan fingerprint density at radius 2 is 2.32 bits per heavy atom. The molecule has 0 amide bonds. The number of nitrogens with one attached hydrogen (secondary N) is 1. The third kappa shape index (κ3) is 3.91. The molecule has 0 aromatic carbocycles. The van der Waals surface area contributed by atoms with Gasteiger partial charge < -0.3 is 15.8 Å². The predicted octanol–water partition coefficient (Wildman–Crippen LogP) is 1.59. The van der Waals surface area contributed by atoms with Crippen LogP contribution >= 0.6 is 12.2 Å². The first kappa shape index (κ1) is 14.3. The smallest absolute Gasteiger partial charge is 0.134 e. The van der Waals surface area contributed by atoms with Gasteiger partial charge in [0.2, 0.25) is 0 Å². The topological polar surface area (TPSA) is 65.1 Å². The summed E-state index contributed by atoms with van der Waals surface area (Å²) in [6.45, 7) is 4.46. The van der Waals surface area contributed by atoms with Gasteiger partial charge >= 0.3 is 0 Å². The molecule has 5 nitrogen and oxygen atoms in total. The molecule has 1 saturated carbocycles. The normalized spacial score (nSPS) is 14.6. The Morgan fingerprint density at radius 3 is 2.95 bits per heavy atom. The third-order valence-corrected chi connectivity index (χ3v) is 3.48. The number of rotatable bonds is 8. The molecule has 1 aliphatic rings. The first-order valence-electron chi connectivity index (χ1n) is 6.74. The maximum absolute atomic E-state index is 5.73. The van der Waals surface area contributed by atoms with E-state index in [2.05, 4.69) is 10.4 Å². The van der Waals surface area contributed by atoms with E-state index < -0.39 is 0 Å². The van der Waals surface area contributed by atoms with E-state index in [1.54, 1.807) is 4.68 Å². The van der Waals surface area contributed by atoms with Crippen molar-refractivity contribution >= 4 is 23.0 Å². The summed E-state index contributed by atoms with van der Waals surface area (Å²) in [7, 11) is 1.89. The summed E-state index contributed by atoms with van der Waals surface area (Å²) >= 11 is 5.07. The molecular formula is C13H22N4OS. The Morgan fingerprint density at radius 1 is 1.58 bits per heavy atom. The third-order valence-electron chi connectivity index (χ3n) is 3.28. The average molecular weight is 282 g/mol. The second kappa shape index (κ2) is 6.34. The molecule has 0 atom stereocenters. The lowest BCUT2D eigenvalue weighted by atomic mass is 10.2. The van der Waals surface area contributed by atoms with Crippen LogP contribution in [0.4, 0.5) is 5.82 Å². The van der Waals surface area contributed by atoms with Crippen LogP contribution in [0, 0.1) is 12.8 Å². The van der Waals surface area contributed by atoms with Gasteiger partial charge in [-0.1, -0.05) is 12.2 Å². The highest BCUT2D eigenvalue weighted by atomic mass is 32.1. The monoisotopic (exact) mass is 282 g/mol. The van der Waals surface area contributed by atoms with Crippen LogP contribution in [0.15, 0.2) is 0 Å². The fraction of sp³-hybridized carbons (Fsp3) is 0.692. The summed E-state index contributed by atoms with van der Waals surface area (Å²) < 4.78 is 7.38. The van der Waals surface area contributed by atoms with Gasteiger partial charge in [-0.15, -0.1) is 0 Å². The molecule has 6 heteroatoms. The Balaban J connectivity index is 1.76. The molecule has 1 heterocycles. The molecule has 2 rings (SSSR count). The lowest BCUT2D eigenvalue weighted by molar-refractivity contribution is 0.124. The van der Waals surface area contributed by atoms with Crippen molar-refractivity contribution < 1.29 is 4.74 Å². The van der Waals surface area contributed by atoms with E-state index in [1.807, 2.05) is 14.0 Å². The van der Waals surface area contributed by atoms with Gasteiger partial charge in [0.1, 0.15) is 10.8 Å². The second-order valence-corrected chi connectivity index (χ2v) is 5.54. The van der Waals surface area contributed by atoms with Crippen molar-refractivity contribution in [2.75, 3.05) is 25.1 Å². The number of aryl methyl sites for hydroxylation is 2. The average Bonchev–Trinajstić information content (AvgIpc) is 3.10. The first-order chi connectivity index (χ1) is 9.09. The van der Waals surface area contributed by atoms with Crippen molar-refractivity contribution in [1.29, 1.82) is 0 Å². The number of hydrogen-bond acceptors (Lipinski definition) is 4. The van der Waals surface area contributed by atoms with Crippen LogP contribution in [-0.4, -0.2) is 34.5 Å². The predicted molar refractivity (Wildman–Crippen MR) is 80.5 cm³/mol. The molecule has 1 aromatic heterocycles. The van der Waals surface area contributed by atoms with Crippen LogP contribution in [0.3, 0.4) is 0 Å². The van der Waals surface area contributed by atoms with Crippen LogP contribution < -0.4 is 11.1 Å². The molecule has 106 valence electrons. The van der Waals surface area contributed by atoms with Crippen molar-refractivity contribution in [3.05, 3.63) is 11.3 Å². The van der Waals surface area contributed by atoms with Crippen LogP contribution in [0.1, 0.15) is 30.5 Å². The maximum atomic E-state index is 5.73. The van der Waals surface area contributed by atoms with Crippen molar-refractivity contribution in [2.24, 2.45) is 18.7 Å². The molecule has 3 N–H and O–H groups in total. The minimum atomic E-state index is 0.387. The van der Waals surface area contributed by atoms with Crippen LogP contribution in [0.5, 0.6) is 0 Å². The number of ether oxygens (including phenoxy) is 1. The molecule has 1 fully saturated rings. The quantitative estimate of drug-likeness (QED) is 0.560. The molecule has 0 bridgehead atoms. The first-order valence-corrected chi connectivity index (χ1v) is 7.15. The van der Waals surface area contributed by atoms with E-state index in [1.165, 1.54) is 12.8 Å². The van der Waals surface area contributed by atoms with Crippen LogP contribution in [0.2, 0.25) is 0 Å². The highest BCUT2D eigenvalue weighted by molar-refractivity contribution is 7.80.